The Morgan fingerprint density at radius 3 is 0.885 bits per heavy atom. The Hall–Kier alpha value is 0.440. The molecule has 0 bridgehead atoms. The van der Waals surface area contributed by atoms with E-state index in [0.29, 0.717) is 16.6 Å². The van der Waals surface area contributed by atoms with Gasteiger partial charge in [-0.2, -0.15) is 0 Å². The third-order valence-corrected chi connectivity index (χ3v) is 8.75. The Morgan fingerprint density at radius 1 is 0.462 bits per heavy atom. The van der Waals surface area contributed by atoms with Gasteiger partial charge in [-0.3, -0.25) is 4.90 Å². The molecule has 0 aliphatic heterocycles. The summed E-state index contributed by atoms with van der Waals surface area (Å²) in [4.78, 5) is 3.31. The molecule has 0 aromatic heterocycles. The standard InChI is InChI=1S/C24H45N.BrH/c1-4-22(16-10-7-11-17-22)25(23(5-2)18-12-8-13-19-23)24(6-3)20-14-9-15-21-24;/h4-21H2,1-3H3;1H. The highest BCUT2D eigenvalue weighted by molar-refractivity contribution is 8.93. The molecule has 154 valence electrons. The highest BCUT2D eigenvalue weighted by atomic mass is 79.9. The van der Waals surface area contributed by atoms with Crippen LogP contribution in [0.3, 0.4) is 0 Å². The average molecular weight is 429 g/mol. The van der Waals surface area contributed by atoms with Gasteiger partial charge >= 0.3 is 0 Å². The molecule has 1 nitrogen and oxygen atoms in total. The zero-order valence-electron chi connectivity index (χ0n) is 18.1. The molecule has 3 aliphatic carbocycles. The Kier molecular flexibility index (Phi) is 8.54. The van der Waals surface area contributed by atoms with E-state index in [1.165, 1.54) is 116 Å². The number of halogens is 1. The molecule has 0 unspecified atom stereocenters. The second-order valence-corrected chi connectivity index (χ2v) is 9.75. The number of nitrogens with zero attached hydrogens (tertiary/aromatic N) is 1. The Labute approximate surface area is 174 Å². The molecule has 0 atom stereocenters. The number of hydrogen-bond donors (Lipinski definition) is 0. The van der Waals surface area contributed by atoms with E-state index in [4.69, 9.17) is 0 Å². The molecular weight excluding hydrogens is 382 g/mol. The summed E-state index contributed by atoms with van der Waals surface area (Å²) in [6, 6.07) is 0. The first-order valence-corrected chi connectivity index (χ1v) is 12.0. The van der Waals surface area contributed by atoms with Gasteiger partial charge in [0, 0.05) is 16.6 Å². The van der Waals surface area contributed by atoms with Crippen LogP contribution in [0.2, 0.25) is 0 Å². The Balaban J connectivity index is 0.00000243. The van der Waals surface area contributed by atoms with Gasteiger partial charge in [-0.25, -0.2) is 0 Å². The van der Waals surface area contributed by atoms with Crippen LogP contribution in [0.25, 0.3) is 0 Å². The molecule has 0 saturated heterocycles. The summed E-state index contributed by atoms with van der Waals surface area (Å²) in [6.07, 6.45) is 26.3. The minimum Gasteiger partial charge on any atom is -0.286 e. The van der Waals surface area contributed by atoms with Crippen LogP contribution in [-0.2, 0) is 0 Å². The molecule has 0 aromatic carbocycles. The van der Waals surface area contributed by atoms with Gasteiger partial charge in [0.2, 0.25) is 0 Å². The van der Waals surface area contributed by atoms with Crippen LogP contribution >= 0.6 is 17.0 Å². The highest BCUT2D eigenvalue weighted by Gasteiger charge is 2.55. The summed E-state index contributed by atoms with van der Waals surface area (Å²) >= 11 is 0. The summed E-state index contributed by atoms with van der Waals surface area (Å²) in [5.41, 5.74) is 1.54. The lowest BCUT2D eigenvalue weighted by Gasteiger charge is -2.65. The number of hydrogen-bond acceptors (Lipinski definition) is 1. The van der Waals surface area contributed by atoms with Gasteiger partial charge in [0.05, 0.1) is 0 Å². The van der Waals surface area contributed by atoms with E-state index in [1.54, 1.807) is 0 Å². The lowest BCUT2D eigenvalue weighted by atomic mass is 9.64. The first-order chi connectivity index (χ1) is 12.2. The molecule has 0 heterocycles. The van der Waals surface area contributed by atoms with Crippen molar-refractivity contribution >= 4 is 17.0 Å². The topological polar surface area (TPSA) is 3.24 Å². The van der Waals surface area contributed by atoms with Crippen LogP contribution in [0.4, 0.5) is 0 Å². The molecule has 3 saturated carbocycles. The van der Waals surface area contributed by atoms with E-state index in [0.717, 1.165) is 0 Å². The van der Waals surface area contributed by atoms with Gasteiger partial charge in [0.15, 0.2) is 0 Å². The zero-order chi connectivity index (χ0) is 17.8. The molecule has 0 aromatic rings. The van der Waals surface area contributed by atoms with Gasteiger partial charge in [-0.1, -0.05) is 78.6 Å². The maximum atomic E-state index is 3.31. The van der Waals surface area contributed by atoms with E-state index < -0.39 is 0 Å². The molecule has 3 fully saturated rings. The van der Waals surface area contributed by atoms with Crippen molar-refractivity contribution in [3.63, 3.8) is 0 Å². The fraction of sp³-hybridized carbons (Fsp3) is 1.00. The van der Waals surface area contributed by atoms with Gasteiger partial charge in [0.25, 0.3) is 0 Å². The van der Waals surface area contributed by atoms with Crippen LogP contribution < -0.4 is 0 Å². The SMILES string of the molecule is Br.CCC1(N(C2(CC)CCCCC2)C2(CC)CCCCC2)CCCCC1. The monoisotopic (exact) mass is 427 g/mol. The van der Waals surface area contributed by atoms with Crippen LogP contribution in [0.5, 0.6) is 0 Å². The van der Waals surface area contributed by atoms with Crippen LogP contribution in [0.1, 0.15) is 136 Å². The van der Waals surface area contributed by atoms with E-state index in [-0.39, 0.29) is 17.0 Å². The smallest absolute Gasteiger partial charge is 0.0218 e. The van der Waals surface area contributed by atoms with Crippen molar-refractivity contribution in [1.82, 2.24) is 4.90 Å². The lowest BCUT2D eigenvalue weighted by molar-refractivity contribution is -0.151. The van der Waals surface area contributed by atoms with Gasteiger partial charge in [0.1, 0.15) is 0 Å². The molecule has 0 amide bonds. The van der Waals surface area contributed by atoms with Crippen LogP contribution in [0.15, 0.2) is 0 Å². The van der Waals surface area contributed by atoms with Gasteiger partial charge in [-0.15, -0.1) is 17.0 Å². The quantitative estimate of drug-likeness (QED) is 0.412. The van der Waals surface area contributed by atoms with Crippen molar-refractivity contribution in [2.45, 2.75) is 153 Å². The summed E-state index contributed by atoms with van der Waals surface area (Å²) in [5.74, 6) is 0. The van der Waals surface area contributed by atoms with Crippen molar-refractivity contribution in [3.05, 3.63) is 0 Å². The maximum absolute atomic E-state index is 3.31. The predicted octanol–water partition coefficient (Wildman–Crippen LogP) is 8.21. The summed E-state index contributed by atoms with van der Waals surface area (Å²) in [7, 11) is 0. The fourth-order valence-corrected chi connectivity index (χ4v) is 7.34. The summed E-state index contributed by atoms with van der Waals surface area (Å²) < 4.78 is 0. The first kappa shape index (κ1) is 22.7. The van der Waals surface area contributed by atoms with E-state index >= 15 is 0 Å². The minimum absolute atomic E-state index is 0. The predicted molar refractivity (Wildman–Crippen MR) is 120 cm³/mol. The van der Waals surface area contributed by atoms with Crippen molar-refractivity contribution in [2.24, 2.45) is 0 Å². The first-order valence-electron chi connectivity index (χ1n) is 12.0. The molecule has 0 spiro atoms. The molecule has 3 rings (SSSR count). The molecule has 0 radical (unpaired) electrons. The molecule has 0 N–H and O–H groups in total. The normalized spacial score (nSPS) is 27.7. The van der Waals surface area contributed by atoms with Crippen molar-refractivity contribution in [2.75, 3.05) is 0 Å². The van der Waals surface area contributed by atoms with E-state index in [2.05, 4.69) is 25.7 Å². The van der Waals surface area contributed by atoms with Crippen molar-refractivity contribution in [1.29, 1.82) is 0 Å². The summed E-state index contributed by atoms with van der Waals surface area (Å²) in [6.45, 7) is 7.57. The number of rotatable bonds is 6. The average Bonchev–Trinajstić information content (AvgIpc) is 2.70. The van der Waals surface area contributed by atoms with E-state index in [1.807, 2.05) is 0 Å². The van der Waals surface area contributed by atoms with Crippen LogP contribution in [-0.4, -0.2) is 21.5 Å². The Bertz CT molecular complexity index is 339. The minimum atomic E-state index is 0. The largest absolute Gasteiger partial charge is 0.286 e. The second kappa shape index (κ2) is 9.77. The van der Waals surface area contributed by atoms with Crippen molar-refractivity contribution in [3.8, 4) is 0 Å². The maximum Gasteiger partial charge on any atom is 0.0218 e. The Morgan fingerprint density at radius 2 is 0.692 bits per heavy atom. The van der Waals surface area contributed by atoms with Crippen LogP contribution in [0, 0.1) is 0 Å². The van der Waals surface area contributed by atoms with Gasteiger partial charge in [-0.05, 0) is 57.8 Å². The summed E-state index contributed by atoms with van der Waals surface area (Å²) in [5, 5.41) is 0. The molecule has 2 heteroatoms. The highest BCUT2D eigenvalue weighted by Crippen LogP contribution is 2.54. The van der Waals surface area contributed by atoms with Gasteiger partial charge < -0.3 is 0 Å². The fourth-order valence-electron chi connectivity index (χ4n) is 7.34. The second-order valence-electron chi connectivity index (χ2n) is 9.75. The molecule has 3 aliphatic rings. The molecular formula is C24H46BrN. The third-order valence-electron chi connectivity index (χ3n) is 8.75. The zero-order valence-corrected chi connectivity index (χ0v) is 19.8. The van der Waals surface area contributed by atoms with Crippen molar-refractivity contribution < 1.29 is 0 Å². The van der Waals surface area contributed by atoms with E-state index in [9.17, 15) is 0 Å². The third kappa shape index (κ3) is 4.07. The molecule has 26 heavy (non-hydrogen) atoms. The lowest BCUT2D eigenvalue weighted by Crippen LogP contribution is -2.70.